The first kappa shape index (κ1) is 20.2. The molecule has 1 aliphatic rings. The first-order chi connectivity index (χ1) is 12.5. The molecule has 6 nitrogen and oxygen atoms in total. The van der Waals surface area contributed by atoms with Crippen LogP contribution < -0.4 is 15.5 Å². The average Bonchev–Trinajstić information content (AvgIpc) is 2.62. The maximum absolute atomic E-state index is 11.9. The van der Waals surface area contributed by atoms with Gasteiger partial charge in [-0.05, 0) is 30.8 Å². The minimum atomic E-state index is -0.0523. The zero-order chi connectivity index (χ0) is 18.9. The smallest absolute Gasteiger partial charge is 0.226 e. The fourth-order valence-corrected chi connectivity index (χ4v) is 3.22. The van der Waals surface area contributed by atoms with Gasteiger partial charge in [0.05, 0.1) is 11.4 Å². The van der Waals surface area contributed by atoms with E-state index in [1.54, 1.807) is 6.92 Å². The third kappa shape index (κ3) is 5.98. The normalized spacial score (nSPS) is 14.1. The Balaban J connectivity index is 1.93. The predicted octanol–water partition coefficient (Wildman–Crippen LogP) is 2.75. The summed E-state index contributed by atoms with van der Waals surface area (Å²) in [5, 5.41) is 6.21. The Morgan fingerprint density at radius 3 is 2.46 bits per heavy atom. The van der Waals surface area contributed by atoms with Crippen LogP contribution in [0.2, 0.25) is 0 Å². The van der Waals surface area contributed by atoms with E-state index in [0.29, 0.717) is 24.6 Å². The van der Waals surface area contributed by atoms with Gasteiger partial charge in [0.2, 0.25) is 11.8 Å². The SMILES string of the molecule is CCCCCC(=O)NC(=S)Nc1ccccc1N1CCN(C(C)=O)CC1. The Kier molecular flexibility index (Phi) is 7.84. The Morgan fingerprint density at radius 2 is 1.81 bits per heavy atom. The summed E-state index contributed by atoms with van der Waals surface area (Å²) in [5.74, 6) is 0.0616. The number of piperazine rings is 1. The van der Waals surface area contributed by atoms with Crippen molar-refractivity contribution in [3.05, 3.63) is 24.3 Å². The van der Waals surface area contributed by atoms with Crippen LogP contribution in [0.4, 0.5) is 11.4 Å². The number of amides is 2. The van der Waals surface area contributed by atoms with E-state index in [0.717, 1.165) is 43.7 Å². The largest absolute Gasteiger partial charge is 0.366 e. The third-order valence-corrected chi connectivity index (χ3v) is 4.68. The number of carbonyl (C=O) groups excluding carboxylic acids is 2. The summed E-state index contributed by atoms with van der Waals surface area (Å²) in [6.07, 6.45) is 3.50. The van der Waals surface area contributed by atoms with Crippen molar-refractivity contribution in [2.45, 2.75) is 39.5 Å². The second kappa shape index (κ2) is 10.1. The third-order valence-electron chi connectivity index (χ3n) is 4.48. The minimum Gasteiger partial charge on any atom is -0.366 e. The first-order valence-electron chi connectivity index (χ1n) is 9.21. The van der Waals surface area contributed by atoms with Crippen LogP contribution in [0.3, 0.4) is 0 Å². The highest BCUT2D eigenvalue weighted by Crippen LogP contribution is 2.26. The predicted molar refractivity (Wildman–Crippen MR) is 109 cm³/mol. The van der Waals surface area contributed by atoms with Gasteiger partial charge in [0.15, 0.2) is 5.11 Å². The number of hydrogen-bond acceptors (Lipinski definition) is 4. The first-order valence-corrected chi connectivity index (χ1v) is 9.62. The molecule has 1 heterocycles. The van der Waals surface area contributed by atoms with Crippen molar-refractivity contribution in [3.8, 4) is 0 Å². The molecule has 0 spiro atoms. The van der Waals surface area contributed by atoms with Gasteiger partial charge in [0, 0.05) is 39.5 Å². The van der Waals surface area contributed by atoms with E-state index in [1.807, 2.05) is 29.2 Å². The average molecular weight is 377 g/mol. The number of benzene rings is 1. The van der Waals surface area contributed by atoms with Crippen LogP contribution in [-0.4, -0.2) is 48.0 Å². The lowest BCUT2D eigenvalue weighted by Crippen LogP contribution is -2.48. The van der Waals surface area contributed by atoms with Crippen molar-refractivity contribution in [3.63, 3.8) is 0 Å². The van der Waals surface area contributed by atoms with Gasteiger partial charge >= 0.3 is 0 Å². The van der Waals surface area contributed by atoms with E-state index in [1.165, 1.54) is 0 Å². The van der Waals surface area contributed by atoms with Gasteiger partial charge in [0.25, 0.3) is 0 Å². The van der Waals surface area contributed by atoms with Crippen LogP contribution in [0, 0.1) is 0 Å². The summed E-state index contributed by atoms with van der Waals surface area (Å²) in [4.78, 5) is 27.5. The van der Waals surface area contributed by atoms with Crippen LogP contribution in [0.15, 0.2) is 24.3 Å². The molecule has 1 saturated heterocycles. The number of anilines is 2. The molecule has 0 aromatic heterocycles. The fraction of sp³-hybridized carbons (Fsp3) is 0.526. The van der Waals surface area contributed by atoms with E-state index in [9.17, 15) is 9.59 Å². The minimum absolute atomic E-state index is 0.0523. The molecule has 1 aliphatic heterocycles. The number of thiocarbonyl (C=S) groups is 1. The van der Waals surface area contributed by atoms with E-state index in [4.69, 9.17) is 12.2 Å². The van der Waals surface area contributed by atoms with E-state index >= 15 is 0 Å². The molecule has 1 aromatic rings. The molecule has 0 unspecified atom stereocenters. The van der Waals surface area contributed by atoms with Crippen molar-refractivity contribution < 1.29 is 9.59 Å². The van der Waals surface area contributed by atoms with Crippen molar-refractivity contribution in [1.29, 1.82) is 0 Å². The number of unbranched alkanes of at least 4 members (excludes halogenated alkanes) is 2. The summed E-state index contributed by atoms with van der Waals surface area (Å²) in [5.41, 5.74) is 1.89. The molecular formula is C19H28N4O2S. The zero-order valence-corrected chi connectivity index (χ0v) is 16.4. The lowest BCUT2D eigenvalue weighted by molar-refractivity contribution is -0.129. The van der Waals surface area contributed by atoms with Crippen molar-refractivity contribution in [2.75, 3.05) is 36.4 Å². The Morgan fingerprint density at radius 1 is 1.12 bits per heavy atom. The Bertz CT molecular complexity index is 642. The van der Waals surface area contributed by atoms with Crippen LogP contribution in [0.1, 0.15) is 39.5 Å². The van der Waals surface area contributed by atoms with Crippen molar-refractivity contribution in [1.82, 2.24) is 10.2 Å². The second-order valence-electron chi connectivity index (χ2n) is 6.47. The number of hydrogen-bond donors (Lipinski definition) is 2. The molecule has 2 rings (SSSR count). The highest BCUT2D eigenvalue weighted by molar-refractivity contribution is 7.80. The fourth-order valence-electron chi connectivity index (χ4n) is 3.00. The van der Waals surface area contributed by atoms with Gasteiger partial charge in [-0.2, -0.15) is 0 Å². The van der Waals surface area contributed by atoms with Gasteiger partial charge in [-0.3, -0.25) is 9.59 Å². The van der Waals surface area contributed by atoms with E-state index in [-0.39, 0.29) is 11.8 Å². The van der Waals surface area contributed by atoms with Crippen LogP contribution in [-0.2, 0) is 9.59 Å². The van der Waals surface area contributed by atoms with Gasteiger partial charge in [-0.1, -0.05) is 31.9 Å². The molecule has 7 heteroatoms. The number of carbonyl (C=O) groups is 2. The summed E-state index contributed by atoms with van der Waals surface area (Å²) in [6, 6.07) is 7.88. The lowest BCUT2D eigenvalue weighted by Gasteiger charge is -2.36. The zero-order valence-electron chi connectivity index (χ0n) is 15.6. The molecule has 0 aliphatic carbocycles. The van der Waals surface area contributed by atoms with Crippen LogP contribution in [0.5, 0.6) is 0 Å². The molecule has 26 heavy (non-hydrogen) atoms. The number of nitrogens with zero attached hydrogens (tertiary/aromatic N) is 2. The molecule has 1 fully saturated rings. The van der Waals surface area contributed by atoms with Crippen LogP contribution in [0.25, 0.3) is 0 Å². The van der Waals surface area contributed by atoms with Gasteiger partial charge in [-0.15, -0.1) is 0 Å². The maximum Gasteiger partial charge on any atom is 0.226 e. The molecule has 2 amide bonds. The van der Waals surface area contributed by atoms with Crippen LogP contribution >= 0.6 is 12.2 Å². The highest BCUT2D eigenvalue weighted by atomic mass is 32.1. The topological polar surface area (TPSA) is 64.7 Å². The standard InChI is InChI=1S/C19H28N4O2S/c1-3-4-5-10-18(25)21-19(26)20-16-8-6-7-9-17(16)23-13-11-22(12-14-23)15(2)24/h6-9H,3-5,10-14H2,1-2H3,(H2,20,21,25,26). The molecule has 2 N–H and O–H groups in total. The van der Waals surface area contributed by atoms with Crippen molar-refractivity contribution >= 4 is 40.5 Å². The maximum atomic E-state index is 11.9. The van der Waals surface area contributed by atoms with E-state index in [2.05, 4.69) is 22.5 Å². The second-order valence-corrected chi connectivity index (χ2v) is 6.88. The van der Waals surface area contributed by atoms with Gasteiger partial charge < -0.3 is 20.4 Å². The molecule has 142 valence electrons. The number of rotatable bonds is 6. The van der Waals surface area contributed by atoms with Crippen molar-refractivity contribution in [2.24, 2.45) is 0 Å². The van der Waals surface area contributed by atoms with Gasteiger partial charge in [-0.25, -0.2) is 0 Å². The number of nitrogens with one attached hydrogen (secondary N) is 2. The summed E-state index contributed by atoms with van der Waals surface area (Å²) >= 11 is 5.29. The molecule has 0 radical (unpaired) electrons. The Hall–Kier alpha value is -2.15. The number of para-hydroxylation sites is 2. The highest BCUT2D eigenvalue weighted by Gasteiger charge is 2.20. The van der Waals surface area contributed by atoms with Gasteiger partial charge in [0.1, 0.15) is 0 Å². The molecule has 1 aromatic carbocycles. The molecular weight excluding hydrogens is 348 g/mol. The summed E-state index contributed by atoms with van der Waals surface area (Å²) in [6.45, 7) is 6.68. The quantitative estimate of drug-likeness (QED) is 0.590. The molecule has 0 bridgehead atoms. The lowest BCUT2D eigenvalue weighted by atomic mass is 10.2. The Labute approximate surface area is 160 Å². The monoisotopic (exact) mass is 376 g/mol. The molecule has 0 saturated carbocycles. The summed E-state index contributed by atoms with van der Waals surface area (Å²) in [7, 11) is 0. The van der Waals surface area contributed by atoms with E-state index < -0.39 is 0 Å². The summed E-state index contributed by atoms with van der Waals surface area (Å²) < 4.78 is 0. The molecule has 0 atom stereocenters.